The van der Waals surface area contributed by atoms with Crippen molar-refractivity contribution in [2.75, 3.05) is 10.7 Å². The molecular formula is C22H19FN4OS2. The summed E-state index contributed by atoms with van der Waals surface area (Å²) in [5.74, 6) is 0.426. The molecule has 5 rings (SSSR count). The number of carbonyl (C=O) groups is 1. The van der Waals surface area contributed by atoms with Crippen molar-refractivity contribution in [2.45, 2.75) is 24.9 Å². The Balaban J connectivity index is 1.38. The fourth-order valence-corrected chi connectivity index (χ4v) is 5.77. The van der Waals surface area contributed by atoms with Crippen LogP contribution in [0.5, 0.6) is 0 Å². The minimum absolute atomic E-state index is 0.0107. The monoisotopic (exact) mass is 438 g/mol. The minimum atomic E-state index is -0.269. The van der Waals surface area contributed by atoms with Crippen LogP contribution < -0.4 is 4.90 Å². The summed E-state index contributed by atoms with van der Waals surface area (Å²) >= 11 is 7.48. The minimum Gasteiger partial charge on any atom is -0.319 e. The van der Waals surface area contributed by atoms with E-state index in [4.69, 9.17) is 12.2 Å². The number of aromatic nitrogens is 2. The van der Waals surface area contributed by atoms with Crippen LogP contribution in [0.1, 0.15) is 22.1 Å². The van der Waals surface area contributed by atoms with Gasteiger partial charge in [0.05, 0.1) is 18.4 Å². The summed E-state index contributed by atoms with van der Waals surface area (Å²) in [5.41, 5.74) is 3.94. The van der Waals surface area contributed by atoms with Gasteiger partial charge in [-0.1, -0.05) is 42.0 Å². The summed E-state index contributed by atoms with van der Waals surface area (Å²) in [6, 6.07) is 14.4. The van der Waals surface area contributed by atoms with Gasteiger partial charge in [0.2, 0.25) is 0 Å². The zero-order valence-corrected chi connectivity index (χ0v) is 17.9. The van der Waals surface area contributed by atoms with Crippen LogP contribution >= 0.6 is 24.0 Å². The van der Waals surface area contributed by atoms with Crippen molar-refractivity contribution in [3.63, 3.8) is 0 Å². The van der Waals surface area contributed by atoms with Crippen molar-refractivity contribution in [1.82, 2.24) is 14.7 Å². The van der Waals surface area contributed by atoms with E-state index < -0.39 is 0 Å². The summed E-state index contributed by atoms with van der Waals surface area (Å²) in [4.78, 5) is 16.8. The van der Waals surface area contributed by atoms with Crippen molar-refractivity contribution in [3.05, 3.63) is 83.4 Å². The van der Waals surface area contributed by atoms with Gasteiger partial charge in [-0.2, -0.15) is 5.10 Å². The Morgan fingerprint density at radius 1 is 1.17 bits per heavy atom. The molecule has 2 saturated heterocycles. The third-order valence-electron chi connectivity index (χ3n) is 5.42. The topological polar surface area (TPSA) is 41.4 Å². The van der Waals surface area contributed by atoms with E-state index in [1.807, 2.05) is 11.1 Å². The predicted octanol–water partition coefficient (Wildman–Crippen LogP) is 4.13. The predicted molar refractivity (Wildman–Crippen MR) is 120 cm³/mol. The molecule has 3 heterocycles. The third kappa shape index (κ3) is 3.30. The number of rotatable bonds is 4. The molecule has 0 saturated carbocycles. The van der Waals surface area contributed by atoms with Gasteiger partial charge < -0.3 is 4.90 Å². The molecule has 2 aromatic carbocycles. The van der Waals surface area contributed by atoms with E-state index in [0.717, 1.165) is 11.1 Å². The first-order valence-corrected chi connectivity index (χ1v) is 11.1. The quantitative estimate of drug-likeness (QED) is 0.573. The number of amides is 1. The lowest BCUT2D eigenvalue weighted by Crippen LogP contribution is -2.33. The Morgan fingerprint density at radius 3 is 2.63 bits per heavy atom. The molecule has 30 heavy (non-hydrogen) atoms. The normalized spacial score (nSPS) is 20.9. The number of carbonyl (C=O) groups excluding carboxylic acids is 1. The van der Waals surface area contributed by atoms with E-state index in [9.17, 15) is 9.18 Å². The summed E-state index contributed by atoms with van der Waals surface area (Å²) < 4.78 is 14.8. The van der Waals surface area contributed by atoms with Crippen molar-refractivity contribution in [1.29, 1.82) is 0 Å². The smallest absolute Gasteiger partial charge is 0.257 e. The third-order valence-corrected chi connectivity index (χ3v) is 7.13. The van der Waals surface area contributed by atoms with Gasteiger partial charge in [0.1, 0.15) is 17.2 Å². The molecule has 2 atom stereocenters. The number of aryl methyl sites for hydroxylation is 1. The van der Waals surface area contributed by atoms with Crippen LogP contribution in [-0.2, 0) is 11.3 Å². The van der Waals surface area contributed by atoms with E-state index in [2.05, 4.69) is 36.3 Å². The molecule has 5 nitrogen and oxygen atoms in total. The highest BCUT2D eigenvalue weighted by atomic mass is 32.2. The van der Waals surface area contributed by atoms with E-state index in [-0.39, 0.29) is 23.1 Å². The zero-order chi connectivity index (χ0) is 20.8. The first-order chi connectivity index (χ1) is 14.5. The SMILES string of the molecule is Cc1ccc(C2SCC3C(=O)N(c4cnn(Cc5ccc(F)cc5)c4)C(=S)N32)cc1. The lowest BCUT2D eigenvalue weighted by molar-refractivity contribution is -0.119. The highest BCUT2D eigenvalue weighted by molar-refractivity contribution is 7.99. The highest BCUT2D eigenvalue weighted by Crippen LogP contribution is 2.46. The fraction of sp³-hybridized carbons (Fsp3) is 0.227. The number of benzene rings is 2. The van der Waals surface area contributed by atoms with Gasteiger partial charge in [-0.3, -0.25) is 14.4 Å². The molecule has 0 aliphatic carbocycles. The van der Waals surface area contributed by atoms with Crippen LogP contribution in [-0.4, -0.2) is 37.5 Å². The Morgan fingerprint density at radius 2 is 1.90 bits per heavy atom. The Labute approximate surface area is 183 Å². The van der Waals surface area contributed by atoms with Crippen molar-refractivity contribution in [2.24, 2.45) is 0 Å². The molecule has 2 fully saturated rings. The van der Waals surface area contributed by atoms with Gasteiger partial charge in [-0.05, 0) is 42.4 Å². The second kappa shape index (κ2) is 7.52. The highest BCUT2D eigenvalue weighted by Gasteiger charge is 2.51. The molecule has 0 N–H and O–H groups in total. The average molecular weight is 439 g/mol. The second-order valence-corrected chi connectivity index (χ2v) is 8.98. The van der Waals surface area contributed by atoms with Crippen molar-refractivity contribution in [3.8, 4) is 0 Å². The Bertz CT molecular complexity index is 1110. The molecule has 2 aliphatic heterocycles. The number of halogens is 1. The van der Waals surface area contributed by atoms with E-state index in [1.165, 1.54) is 17.7 Å². The Kier molecular flexibility index (Phi) is 4.83. The molecule has 1 amide bonds. The molecule has 8 heteroatoms. The lowest BCUT2D eigenvalue weighted by Gasteiger charge is -2.25. The van der Waals surface area contributed by atoms with Crippen LogP contribution in [0.4, 0.5) is 10.1 Å². The molecule has 0 spiro atoms. The molecule has 3 aromatic rings. The van der Waals surface area contributed by atoms with Crippen LogP contribution in [0, 0.1) is 12.7 Å². The number of hydrogen-bond donors (Lipinski definition) is 0. The van der Waals surface area contributed by atoms with Gasteiger partial charge in [0.15, 0.2) is 5.11 Å². The molecule has 2 aliphatic rings. The molecule has 0 radical (unpaired) electrons. The van der Waals surface area contributed by atoms with Gasteiger partial charge in [-0.25, -0.2) is 4.39 Å². The van der Waals surface area contributed by atoms with Crippen molar-refractivity contribution >= 4 is 40.7 Å². The maximum absolute atomic E-state index is 13.1. The van der Waals surface area contributed by atoms with Crippen LogP contribution in [0.25, 0.3) is 0 Å². The zero-order valence-electron chi connectivity index (χ0n) is 16.2. The van der Waals surface area contributed by atoms with E-state index in [0.29, 0.717) is 23.1 Å². The van der Waals surface area contributed by atoms with Crippen LogP contribution in [0.15, 0.2) is 60.9 Å². The standard InChI is InChI=1S/C22H19FN4OS2/c1-14-2-6-16(7-3-14)21-27-19(13-30-21)20(28)26(22(27)29)18-10-24-25(12-18)11-15-4-8-17(23)9-5-15/h2-10,12,19,21H,11,13H2,1H3. The van der Waals surface area contributed by atoms with E-state index in [1.54, 1.807) is 39.7 Å². The summed E-state index contributed by atoms with van der Waals surface area (Å²) in [6.45, 7) is 2.55. The maximum Gasteiger partial charge on any atom is 0.257 e. The largest absolute Gasteiger partial charge is 0.319 e. The molecule has 152 valence electrons. The number of anilines is 1. The van der Waals surface area contributed by atoms with Gasteiger partial charge in [0, 0.05) is 11.9 Å². The first kappa shape index (κ1) is 19.3. The summed E-state index contributed by atoms with van der Waals surface area (Å²) in [5, 5.41) is 4.92. The maximum atomic E-state index is 13.1. The molecule has 2 unspecified atom stereocenters. The summed E-state index contributed by atoms with van der Waals surface area (Å²) in [7, 11) is 0. The van der Waals surface area contributed by atoms with Gasteiger partial charge in [0.25, 0.3) is 5.91 Å². The van der Waals surface area contributed by atoms with Crippen LogP contribution in [0.2, 0.25) is 0 Å². The van der Waals surface area contributed by atoms with Crippen LogP contribution in [0.3, 0.4) is 0 Å². The number of thioether (sulfide) groups is 1. The summed E-state index contributed by atoms with van der Waals surface area (Å²) in [6.07, 6.45) is 3.47. The molecule has 0 bridgehead atoms. The first-order valence-electron chi connectivity index (χ1n) is 9.62. The number of fused-ring (bicyclic) bond motifs is 1. The van der Waals surface area contributed by atoms with Gasteiger partial charge in [-0.15, -0.1) is 11.8 Å². The van der Waals surface area contributed by atoms with Crippen molar-refractivity contribution < 1.29 is 9.18 Å². The lowest BCUT2D eigenvalue weighted by atomic mass is 10.1. The Hall–Kier alpha value is -2.71. The fourth-order valence-electron chi connectivity index (χ4n) is 3.85. The number of thiocarbonyl (C=S) groups is 1. The number of hydrogen-bond acceptors (Lipinski definition) is 4. The number of nitrogens with zero attached hydrogens (tertiary/aromatic N) is 4. The molecule has 1 aromatic heterocycles. The van der Waals surface area contributed by atoms with Gasteiger partial charge >= 0.3 is 0 Å². The average Bonchev–Trinajstić information content (AvgIpc) is 3.42. The van der Waals surface area contributed by atoms with E-state index >= 15 is 0 Å². The second-order valence-electron chi connectivity index (χ2n) is 7.50. The molecular weight excluding hydrogens is 419 g/mol.